The summed E-state index contributed by atoms with van der Waals surface area (Å²) in [7, 11) is 0. The molecule has 1 aliphatic carbocycles. The van der Waals surface area contributed by atoms with Crippen molar-refractivity contribution in [1.82, 2.24) is 14.8 Å². The first-order valence-electron chi connectivity index (χ1n) is 8.31. The zero-order valence-electron chi connectivity index (χ0n) is 13.6. The minimum Gasteiger partial charge on any atom is -0.384 e. The van der Waals surface area contributed by atoms with Crippen LogP contribution in [0.25, 0.3) is 5.69 Å². The van der Waals surface area contributed by atoms with Crippen molar-refractivity contribution in [2.45, 2.75) is 25.4 Å². The molecular formula is C18H14N4O4. The number of hydrogen-bond donors (Lipinski definition) is 2. The van der Waals surface area contributed by atoms with Gasteiger partial charge in [-0.05, 0) is 36.6 Å². The summed E-state index contributed by atoms with van der Waals surface area (Å²) in [6, 6.07) is 6.47. The second-order valence-corrected chi connectivity index (χ2v) is 6.78. The number of anilines is 1. The molecule has 1 aromatic heterocycles. The fourth-order valence-corrected chi connectivity index (χ4v) is 3.70. The Labute approximate surface area is 147 Å². The number of rotatable bonds is 2. The maximum Gasteiger partial charge on any atom is 0.262 e. The SMILES string of the molecule is Nc1c2c(cc(=O)n1-c1ccc3c(c1)CN(C1CC1)C3=O)C(=O)NC2=O. The molecule has 5 rings (SSSR count). The summed E-state index contributed by atoms with van der Waals surface area (Å²) in [4.78, 5) is 50.5. The highest BCUT2D eigenvalue weighted by molar-refractivity contribution is 6.23. The van der Waals surface area contributed by atoms with Gasteiger partial charge in [0.05, 0.1) is 16.8 Å². The van der Waals surface area contributed by atoms with Gasteiger partial charge in [0, 0.05) is 24.2 Å². The first-order valence-corrected chi connectivity index (χ1v) is 8.31. The van der Waals surface area contributed by atoms with E-state index in [1.165, 1.54) is 4.57 Å². The molecule has 0 atom stereocenters. The van der Waals surface area contributed by atoms with Gasteiger partial charge in [0.15, 0.2) is 0 Å². The van der Waals surface area contributed by atoms with Gasteiger partial charge in [-0.25, -0.2) is 0 Å². The lowest BCUT2D eigenvalue weighted by Gasteiger charge is -2.13. The Morgan fingerprint density at radius 2 is 1.77 bits per heavy atom. The fourth-order valence-electron chi connectivity index (χ4n) is 3.70. The third kappa shape index (κ3) is 1.89. The van der Waals surface area contributed by atoms with E-state index in [2.05, 4.69) is 5.32 Å². The predicted molar refractivity (Wildman–Crippen MR) is 91.1 cm³/mol. The number of aromatic nitrogens is 1. The summed E-state index contributed by atoms with van der Waals surface area (Å²) in [5.74, 6) is -1.32. The van der Waals surface area contributed by atoms with E-state index >= 15 is 0 Å². The van der Waals surface area contributed by atoms with Gasteiger partial charge < -0.3 is 10.6 Å². The molecule has 2 aromatic rings. The number of amides is 3. The number of fused-ring (bicyclic) bond motifs is 2. The number of imide groups is 1. The van der Waals surface area contributed by atoms with E-state index in [9.17, 15) is 19.2 Å². The van der Waals surface area contributed by atoms with E-state index in [1.807, 2.05) is 4.90 Å². The number of carbonyl (C=O) groups excluding carboxylic acids is 3. The molecule has 26 heavy (non-hydrogen) atoms. The molecule has 0 bridgehead atoms. The van der Waals surface area contributed by atoms with Crippen LogP contribution in [0.1, 0.15) is 49.5 Å². The monoisotopic (exact) mass is 350 g/mol. The van der Waals surface area contributed by atoms with Crippen molar-refractivity contribution in [3.63, 3.8) is 0 Å². The Balaban J connectivity index is 1.65. The molecule has 0 saturated heterocycles. The van der Waals surface area contributed by atoms with Crippen LogP contribution in [0.5, 0.6) is 0 Å². The van der Waals surface area contributed by atoms with E-state index in [1.54, 1.807) is 18.2 Å². The second kappa shape index (κ2) is 4.81. The normalized spacial score (nSPS) is 18.2. The standard InChI is InChI=1S/C18H14N4O4/c19-15-14-12(16(24)20-17(14)25)6-13(23)22(15)10-3-4-11-8(5-10)7-21(18(11)26)9-1-2-9/h3-6,9H,1-2,7,19H2,(H,20,24,25). The van der Waals surface area contributed by atoms with Gasteiger partial charge in [0.25, 0.3) is 23.3 Å². The minimum absolute atomic E-state index is 0.00535. The molecule has 1 fully saturated rings. The number of pyridine rings is 1. The van der Waals surface area contributed by atoms with Gasteiger partial charge in [-0.2, -0.15) is 0 Å². The molecule has 1 aromatic carbocycles. The lowest BCUT2D eigenvalue weighted by atomic mass is 10.1. The summed E-state index contributed by atoms with van der Waals surface area (Å²) in [5.41, 5.74) is 7.46. The van der Waals surface area contributed by atoms with Crippen LogP contribution in [-0.2, 0) is 6.54 Å². The Morgan fingerprint density at radius 1 is 1.00 bits per heavy atom. The minimum atomic E-state index is -0.624. The van der Waals surface area contributed by atoms with E-state index in [-0.39, 0.29) is 22.9 Å². The predicted octanol–water partition coefficient (Wildman–Crippen LogP) is 0.421. The Hall–Kier alpha value is -3.42. The van der Waals surface area contributed by atoms with Crippen LogP contribution in [0.15, 0.2) is 29.1 Å². The number of benzene rings is 1. The molecule has 3 N–H and O–H groups in total. The van der Waals surface area contributed by atoms with Gasteiger partial charge in [0.1, 0.15) is 5.82 Å². The van der Waals surface area contributed by atoms with E-state index in [0.29, 0.717) is 23.8 Å². The molecule has 130 valence electrons. The van der Waals surface area contributed by atoms with Crippen LogP contribution in [0.3, 0.4) is 0 Å². The van der Waals surface area contributed by atoms with Gasteiger partial charge in [-0.1, -0.05) is 0 Å². The maximum absolute atomic E-state index is 12.5. The quantitative estimate of drug-likeness (QED) is 0.762. The Morgan fingerprint density at radius 3 is 2.50 bits per heavy atom. The summed E-state index contributed by atoms with van der Waals surface area (Å²) in [6.07, 6.45) is 2.04. The highest BCUT2D eigenvalue weighted by atomic mass is 16.2. The number of nitrogens with zero attached hydrogens (tertiary/aromatic N) is 2. The summed E-state index contributed by atoms with van der Waals surface area (Å²) >= 11 is 0. The number of nitrogen functional groups attached to an aromatic ring is 1. The smallest absolute Gasteiger partial charge is 0.262 e. The van der Waals surface area contributed by atoms with Gasteiger partial charge in [-0.15, -0.1) is 0 Å². The molecule has 1 saturated carbocycles. The van der Waals surface area contributed by atoms with Crippen molar-refractivity contribution < 1.29 is 14.4 Å². The Kier molecular flexibility index (Phi) is 2.75. The number of hydrogen-bond acceptors (Lipinski definition) is 5. The fraction of sp³-hybridized carbons (Fsp3) is 0.222. The van der Waals surface area contributed by atoms with E-state index in [0.717, 1.165) is 24.5 Å². The summed E-state index contributed by atoms with van der Waals surface area (Å²) in [5, 5.41) is 2.14. The molecule has 0 spiro atoms. The molecule has 0 radical (unpaired) electrons. The van der Waals surface area contributed by atoms with Gasteiger partial charge in [0.2, 0.25) is 0 Å². The lowest BCUT2D eigenvalue weighted by molar-refractivity contribution is 0.0765. The van der Waals surface area contributed by atoms with E-state index in [4.69, 9.17) is 5.73 Å². The molecular weight excluding hydrogens is 336 g/mol. The average Bonchev–Trinajstić information content (AvgIpc) is 3.33. The zero-order chi connectivity index (χ0) is 18.2. The third-order valence-corrected chi connectivity index (χ3v) is 5.12. The van der Waals surface area contributed by atoms with Crippen molar-refractivity contribution in [3.8, 4) is 5.69 Å². The van der Waals surface area contributed by atoms with Crippen LogP contribution >= 0.6 is 0 Å². The van der Waals surface area contributed by atoms with Crippen LogP contribution in [-0.4, -0.2) is 33.2 Å². The number of nitrogens with two attached hydrogens (primary N) is 1. The topological polar surface area (TPSA) is 114 Å². The second-order valence-electron chi connectivity index (χ2n) is 6.78. The largest absolute Gasteiger partial charge is 0.384 e. The average molecular weight is 350 g/mol. The first-order chi connectivity index (χ1) is 12.5. The summed E-state index contributed by atoms with van der Waals surface area (Å²) < 4.78 is 1.20. The number of nitrogens with one attached hydrogen (secondary N) is 1. The van der Waals surface area contributed by atoms with Gasteiger partial charge in [-0.3, -0.25) is 29.1 Å². The highest BCUT2D eigenvalue weighted by Crippen LogP contribution is 2.35. The molecule has 3 heterocycles. The van der Waals surface area contributed by atoms with Crippen molar-refractivity contribution >= 4 is 23.5 Å². The van der Waals surface area contributed by atoms with Crippen molar-refractivity contribution in [2.75, 3.05) is 5.73 Å². The van der Waals surface area contributed by atoms with Crippen LogP contribution in [0, 0.1) is 0 Å². The zero-order valence-corrected chi connectivity index (χ0v) is 13.6. The molecule has 8 nitrogen and oxygen atoms in total. The molecule has 3 aliphatic rings. The van der Waals surface area contributed by atoms with Crippen LogP contribution in [0.4, 0.5) is 5.82 Å². The van der Waals surface area contributed by atoms with Crippen molar-refractivity contribution in [3.05, 3.63) is 56.9 Å². The van der Waals surface area contributed by atoms with Crippen molar-refractivity contribution in [2.24, 2.45) is 0 Å². The van der Waals surface area contributed by atoms with Crippen LogP contribution in [0.2, 0.25) is 0 Å². The van der Waals surface area contributed by atoms with Crippen LogP contribution < -0.4 is 16.6 Å². The lowest BCUT2D eigenvalue weighted by Crippen LogP contribution is -2.25. The molecule has 8 heteroatoms. The summed E-state index contributed by atoms with van der Waals surface area (Å²) in [6.45, 7) is 0.505. The molecule has 0 unspecified atom stereocenters. The highest BCUT2D eigenvalue weighted by Gasteiger charge is 2.38. The number of carbonyl (C=O) groups is 3. The molecule has 3 amide bonds. The maximum atomic E-state index is 12.5. The molecule has 2 aliphatic heterocycles. The first kappa shape index (κ1) is 14.9. The van der Waals surface area contributed by atoms with Gasteiger partial charge >= 0.3 is 0 Å². The van der Waals surface area contributed by atoms with Crippen molar-refractivity contribution in [1.29, 1.82) is 0 Å². The van der Waals surface area contributed by atoms with E-state index < -0.39 is 17.4 Å². The Bertz CT molecular complexity index is 1100. The third-order valence-electron chi connectivity index (χ3n) is 5.12.